The average Bonchev–Trinajstić information content (AvgIpc) is 3.39. The molecular formula is C22H23N3O3S. The first-order chi connectivity index (χ1) is 14.2. The second-order valence-electron chi connectivity index (χ2n) is 7.07. The van der Waals surface area contributed by atoms with Crippen molar-refractivity contribution < 1.29 is 14.0 Å². The minimum Gasteiger partial charge on any atom is -0.460 e. The van der Waals surface area contributed by atoms with Gasteiger partial charge in [-0.1, -0.05) is 25.1 Å². The third-order valence-corrected chi connectivity index (χ3v) is 5.88. The number of carbonyl (C=O) groups excluding carboxylic acids is 2. The Morgan fingerprint density at radius 2 is 2.24 bits per heavy atom. The van der Waals surface area contributed by atoms with E-state index in [1.54, 1.807) is 17.2 Å². The van der Waals surface area contributed by atoms with Crippen molar-refractivity contribution in [1.82, 2.24) is 9.88 Å². The Kier molecular flexibility index (Phi) is 5.76. The van der Waals surface area contributed by atoms with Crippen molar-refractivity contribution >= 4 is 45.3 Å². The lowest BCUT2D eigenvalue weighted by Gasteiger charge is -2.31. The zero-order valence-corrected chi connectivity index (χ0v) is 17.1. The Morgan fingerprint density at radius 3 is 3.03 bits per heavy atom. The van der Waals surface area contributed by atoms with Gasteiger partial charge < -0.3 is 14.6 Å². The Labute approximate surface area is 173 Å². The minimum absolute atomic E-state index is 0.0736. The van der Waals surface area contributed by atoms with E-state index in [0.717, 1.165) is 41.6 Å². The molecule has 3 heterocycles. The molecule has 1 aliphatic rings. The zero-order chi connectivity index (χ0) is 20.2. The Balaban J connectivity index is 1.45. The van der Waals surface area contributed by atoms with Crippen LogP contribution in [0, 0.1) is 5.92 Å². The van der Waals surface area contributed by atoms with Gasteiger partial charge in [-0.2, -0.15) is 0 Å². The number of para-hydroxylation sites is 1. The number of fused-ring (bicyclic) bond motifs is 1. The number of anilines is 1. The number of aromatic nitrogens is 1. The van der Waals surface area contributed by atoms with Crippen LogP contribution in [0.4, 0.5) is 5.13 Å². The summed E-state index contributed by atoms with van der Waals surface area (Å²) in [6.07, 6.45) is 7.43. The molecule has 1 fully saturated rings. The number of likely N-dealkylation sites (tertiary alicyclic amines) is 1. The van der Waals surface area contributed by atoms with E-state index in [1.807, 2.05) is 42.6 Å². The van der Waals surface area contributed by atoms with Crippen LogP contribution in [0.2, 0.25) is 0 Å². The maximum absolute atomic E-state index is 12.8. The number of piperidine rings is 1. The van der Waals surface area contributed by atoms with Gasteiger partial charge in [0, 0.05) is 48.1 Å². The highest BCUT2D eigenvalue weighted by molar-refractivity contribution is 7.13. The van der Waals surface area contributed by atoms with Crippen LogP contribution in [0.1, 0.15) is 31.1 Å². The molecule has 1 atom stereocenters. The fourth-order valence-corrected chi connectivity index (χ4v) is 4.24. The first-order valence-electron chi connectivity index (χ1n) is 9.83. The van der Waals surface area contributed by atoms with Crippen LogP contribution in [-0.2, 0) is 16.0 Å². The molecule has 7 heteroatoms. The number of nitrogens with one attached hydrogen (secondary N) is 1. The summed E-state index contributed by atoms with van der Waals surface area (Å²) in [7, 11) is 0. The monoisotopic (exact) mass is 409 g/mol. The summed E-state index contributed by atoms with van der Waals surface area (Å²) >= 11 is 1.39. The lowest BCUT2D eigenvalue weighted by Crippen LogP contribution is -2.43. The van der Waals surface area contributed by atoms with E-state index in [2.05, 4.69) is 10.3 Å². The molecular weight excluding hydrogens is 386 g/mol. The number of hydrogen-bond donors (Lipinski definition) is 1. The van der Waals surface area contributed by atoms with E-state index < -0.39 is 0 Å². The SMILES string of the molecule is CCc1oc2ccccc2c1/C=C/C(=O)N1CCCC(C(=O)Nc2nccs2)C1. The molecule has 2 aromatic heterocycles. The van der Waals surface area contributed by atoms with Crippen LogP contribution in [0.25, 0.3) is 17.0 Å². The number of carbonyl (C=O) groups is 2. The van der Waals surface area contributed by atoms with Gasteiger partial charge in [0.05, 0.1) is 5.92 Å². The lowest BCUT2D eigenvalue weighted by atomic mass is 9.97. The molecule has 4 rings (SSSR count). The number of nitrogens with zero attached hydrogens (tertiary/aromatic N) is 2. The topological polar surface area (TPSA) is 75.4 Å². The van der Waals surface area contributed by atoms with Crippen molar-refractivity contribution in [3.8, 4) is 0 Å². The Bertz CT molecular complexity index is 1040. The molecule has 0 saturated carbocycles. The fourth-order valence-electron chi connectivity index (χ4n) is 3.71. The van der Waals surface area contributed by atoms with Crippen molar-refractivity contribution in [3.05, 3.63) is 53.2 Å². The zero-order valence-electron chi connectivity index (χ0n) is 16.3. The molecule has 0 spiro atoms. The third-order valence-electron chi connectivity index (χ3n) is 5.19. The van der Waals surface area contributed by atoms with Gasteiger partial charge in [-0.15, -0.1) is 11.3 Å². The van der Waals surface area contributed by atoms with Gasteiger partial charge in [-0.3, -0.25) is 9.59 Å². The normalized spacial score (nSPS) is 17.1. The molecule has 0 radical (unpaired) electrons. The Hall–Kier alpha value is -2.93. The first-order valence-corrected chi connectivity index (χ1v) is 10.7. The van der Waals surface area contributed by atoms with E-state index in [0.29, 0.717) is 18.2 Å². The summed E-state index contributed by atoms with van der Waals surface area (Å²) in [5.74, 6) is 0.500. The standard InChI is InChI=1S/C22H23N3O3S/c1-2-18-17(16-7-3-4-8-19(16)28-18)9-10-20(26)25-12-5-6-15(14-25)21(27)24-22-23-11-13-29-22/h3-4,7-11,13,15H,2,5-6,12,14H2,1H3,(H,23,24,27)/b10-9+. The largest absolute Gasteiger partial charge is 0.460 e. The molecule has 0 aliphatic carbocycles. The van der Waals surface area contributed by atoms with E-state index in [9.17, 15) is 9.59 Å². The number of hydrogen-bond acceptors (Lipinski definition) is 5. The van der Waals surface area contributed by atoms with Crippen molar-refractivity contribution in [1.29, 1.82) is 0 Å². The van der Waals surface area contributed by atoms with Crippen LogP contribution in [-0.4, -0.2) is 34.8 Å². The van der Waals surface area contributed by atoms with Crippen molar-refractivity contribution in [2.45, 2.75) is 26.2 Å². The molecule has 1 unspecified atom stereocenters. The highest BCUT2D eigenvalue weighted by Gasteiger charge is 2.28. The summed E-state index contributed by atoms with van der Waals surface area (Å²) < 4.78 is 5.89. The molecule has 0 bridgehead atoms. The van der Waals surface area contributed by atoms with Gasteiger partial charge in [0.15, 0.2) is 5.13 Å². The smallest absolute Gasteiger partial charge is 0.246 e. The number of benzene rings is 1. The van der Waals surface area contributed by atoms with Crippen LogP contribution >= 0.6 is 11.3 Å². The van der Waals surface area contributed by atoms with Crippen molar-refractivity contribution in [2.75, 3.05) is 18.4 Å². The molecule has 1 saturated heterocycles. The second kappa shape index (κ2) is 8.61. The fraction of sp³-hybridized carbons (Fsp3) is 0.318. The molecule has 1 N–H and O–H groups in total. The maximum atomic E-state index is 12.8. The summed E-state index contributed by atoms with van der Waals surface area (Å²) in [6, 6.07) is 7.84. The van der Waals surface area contributed by atoms with Crippen LogP contribution in [0.3, 0.4) is 0 Å². The highest BCUT2D eigenvalue weighted by atomic mass is 32.1. The second-order valence-corrected chi connectivity index (χ2v) is 7.97. The van der Waals surface area contributed by atoms with Gasteiger partial charge in [0.1, 0.15) is 11.3 Å². The Morgan fingerprint density at radius 1 is 1.38 bits per heavy atom. The van der Waals surface area contributed by atoms with Gasteiger partial charge in [0.2, 0.25) is 11.8 Å². The first kappa shape index (κ1) is 19.4. The van der Waals surface area contributed by atoms with E-state index in [-0.39, 0.29) is 17.7 Å². The number of amides is 2. The molecule has 6 nitrogen and oxygen atoms in total. The van der Waals surface area contributed by atoms with E-state index in [4.69, 9.17) is 4.42 Å². The highest BCUT2D eigenvalue weighted by Crippen LogP contribution is 2.28. The van der Waals surface area contributed by atoms with Crippen LogP contribution in [0.5, 0.6) is 0 Å². The van der Waals surface area contributed by atoms with Gasteiger partial charge in [-0.05, 0) is 25.0 Å². The molecule has 3 aromatic rings. The van der Waals surface area contributed by atoms with Gasteiger partial charge in [0.25, 0.3) is 0 Å². The predicted octanol–water partition coefficient (Wildman–Crippen LogP) is 4.34. The van der Waals surface area contributed by atoms with Crippen LogP contribution < -0.4 is 5.32 Å². The number of rotatable bonds is 5. The molecule has 2 amide bonds. The maximum Gasteiger partial charge on any atom is 0.246 e. The minimum atomic E-state index is -0.217. The summed E-state index contributed by atoms with van der Waals surface area (Å²) in [4.78, 5) is 31.1. The summed E-state index contributed by atoms with van der Waals surface area (Å²) in [5, 5.41) is 6.26. The van der Waals surface area contributed by atoms with E-state index in [1.165, 1.54) is 11.3 Å². The van der Waals surface area contributed by atoms with Gasteiger partial charge >= 0.3 is 0 Å². The van der Waals surface area contributed by atoms with Crippen LogP contribution in [0.15, 0.2) is 46.3 Å². The molecule has 1 aromatic carbocycles. The predicted molar refractivity (Wildman–Crippen MR) is 115 cm³/mol. The van der Waals surface area contributed by atoms with Gasteiger partial charge in [-0.25, -0.2) is 4.98 Å². The number of aryl methyl sites for hydroxylation is 1. The summed E-state index contributed by atoms with van der Waals surface area (Å²) in [5.41, 5.74) is 1.78. The number of furan rings is 1. The van der Waals surface area contributed by atoms with Crippen molar-refractivity contribution in [2.24, 2.45) is 5.92 Å². The third kappa shape index (κ3) is 4.24. The number of thiazole rings is 1. The summed E-state index contributed by atoms with van der Waals surface area (Å²) in [6.45, 7) is 3.12. The molecule has 29 heavy (non-hydrogen) atoms. The molecule has 150 valence electrons. The van der Waals surface area contributed by atoms with E-state index >= 15 is 0 Å². The lowest BCUT2D eigenvalue weighted by molar-refractivity contribution is -0.130. The average molecular weight is 410 g/mol. The van der Waals surface area contributed by atoms with Crippen molar-refractivity contribution in [3.63, 3.8) is 0 Å². The quantitative estimate of drug-likeness (QED) is 0.636. The molecule has 1 aliphatic heterocycles.